The maximum absolute atomic E-state index is 12.4. The third-order valence-corrected chi connectivity index (χ3v) is 4.63. The Morgan fingerprint density at radius 1 is 1.15 bits per heavy atom. The molecule has 1 fully saturated rings. The monoisotopic (exact) mass is 378 g/mol. The van der Waals surface area contributed by atoms with Crippen LogP contribution < -0.4 is 20.1 Å². The van der Waals surface area contributed by atoms with E-state index < -0.39 is 0 Å². The van der Waals surface area contributed by atoms with Gasteiger partial charge in [-0.05, 0) is 36.3 Å². The second-order valence-corrected chi connectivity index (χ2v) is 6.40. The van der Waals surface area contributed by atoms with E-state index >= 15 is 0 Å². The number of carbonyl (C=O) groups excluding carboxylic acids is 2. The van der Waals surface area contributed by atoms with Crippen LogP contribution in [0.2, 0.25) is 0 Å². The molecule has 1 saturated heterocycles. The predicted octanol–water partition coefficient (Wildman–Crippen LogP) is 0.765. The average molecular weight is 378 g/mol. The van der Waals surface area contributed by atoms with Gasteiger partial charge in [-0.15, -0.1) is 0 Å². The summed E-state index contributed by atoms with van der Waals surface area (Å²) >= 11 is 5.45. The molecular formula is C17H22N4O4S. The van der Waals surface area contributed by atoms with Crippen molar-refractivity contribution in [1.29, 1.82) is 0 Å². The van der Waals surface area contributed by atoms with Crippen molar-refractivity contribution in [2.45, 2.75) is 25.8 Å². The first-order valence-electron chi connectivity index (χ1n) is 8.53. The van der Waals surface area contributed by atoms with Gasteiger partial charge in [-0.2, -0.15) is 0 Å². The molecule has 140 valence electrons. The number of amides is 2. The van der Waals surface area contributed by atoms with Crippen LogP contribution in [0.15, 0.2) is 18.2 Å². The molecule has 0 spiro atoms. The maximum atomic E-state index is 12.4. The lowest BCUT2D eigenvalue weighted by molar-refractivity contribution is -0.140. The van der Waals surface area contributed by atoms with Gasteiger partial charge in [-0.25, -0.2) is 0 Å². The molecule has 0 saturated carbocycles. The van der Waals surface area contributed by atoms with Crippen LogP contribution in [0.4, 0.5) is 0 Å². The van der Waals surface area contributed by atoms with Gasteiger partial charge in [0, 0.05) is 39.5 Å². The lowest BCUT2D eigenvalue weighted by Gasteiger charge is -2.30. The zero-order valence-electron chi connectivity index (χ0n) is 14.6. The van der Waals surface area contributed by atoms with Crippen molar-refractivity contribution in [2.75, 3.05) is 26.9 Å². The summed E-state index contributed by atoms with van der Waals surface area (Å²) in [5.41, 5.74) is 1.01. The third kappa shape index (κ3) is 4.16. The van der Waals surface area contributed by atoms with E-state index in [-0.39, 0.29) is 31.4 Å². The summed E-state index contributed by atoms with van der Waals surface area (Å²) in [5.74, 6) is 1.22. The molecule has 1 aromatic rings. The zero-order chi connectivity index (χ0) is 18.5. The highest BCUT2D eigenvalue weighted by atomic mass is 32.1. The van der Waals surface area contributed by atoms with Gasteiger partial charge in [0.2, 0.25) is 18.6 Å². The Hall–Kier alpha value is -2.55. The minimum Gasteiger partial charge on any atom is -0.454 e. The number of benzene rings is 1. The summed E-state index contributed by atoms with van der Waals surface area (Å²) in [7, 11) is 1.56. The fourth-order valence-electron chi connectivity index (χ4n) is 2.88. The molecule has 0 aromatic heterocycles. The second-order valence-electron chi connectivity index (χ2n) is 6.01. The van der Waals surface area contributed by atoms with Crippen LogP contribution in [0.3, 0.4) is 0 Å². The predicted molar refractivity (Wildman–Crippen MR) is 98.3 cm³/mol. The number of carbonyl (C=O) groups is 2. The Morgan fingerprint density at radius 3 is 2.73 bits per heavy atom. The summed E-state index contributed by atoms with van der Waals surface area (Å²) in [4.78, 5) is 23.7. The fourth-order valence-corrected chi connectivity index (χ4v) is 3.14. The minimum absolute atomic E-state index is 0.0988. The largest absolute Gasteiger partial charge is 0.454 e. The van der Waals surface area contributed by atoms with Gasteiger partial charge in [0.25, 0.3) is 0 Å². The Labute approximate surface area is 157 Å². The van der Waals surface area contributed by atoms with Gasteiger partial charge in [0.05, 0.1) is 0 Å². The summed E-state index contributed by atoms with van der Waals surface area (Å²) in [6.07, 6.45) is 1.19. The molecule has 26 heavy (non-hydrogen) atoms. The zero-order valence-corrected chi connectivity index (χ0v) is 15.4. The van der Waals surface area contributed by atoms with Crippen molar-refractivity contribution in [3.63, 3.8) is 0 Å². The van der Waals surface area contributed by atoms with E-state index in [4.69, 9.17) is 21.7 Å². The topological polar surface area (TPSA) is 83.1 Å². The van der Waals surface area contributed by atoms with Gasteiger partial charge in [0.1, 0.15) is 0 Å². The van der Waals surface area contributed by atoms with E-state index in [1.54, 1.807) is 17.1 Å². The highest BCUT2D eigenvalue weighted by molar-refractivity contribution is 7.80. The second kappa shape index (κ2) is 8.22. The van der Waals surface area contributed by atoms with E-state index in [2.05, 4.69) is 10.6 Å². The van der Waals surface area contributed by atoms with Crippen molar-refractivity contribution in [3.05, 3.63) is 23.8 Å². The molecule has 0 aliphatic carbocycles. The number of thiocarbonyl (C=S) groups is 1. The van der Waals surface area contributed by atoms with Crippen molar-refractivity contribution < 1.29 is 19.1 Å². The molecule has 0 bridgehead atoms. The van der Waals surface area contributed by atoms with Crippen molar-refractivity contribution >= 4 is 29.1 Å². The first kappa shape index (κ1) is 18.2. The van der Waals surface area contributed by atoms with Gasteiger partial charge in [-0.3, -0.25) is 19.6 Å². The standard InChI is InChI=1S/C17H22N4O4S/c1-18-15(22)5-6-16(23)20-7-2-8-21(20)17(26)19-10-12-3-4-13-14(9-12)25-11-24-13/h3-4,9H,2,5-8,10-11H2,1H3,(H,18,22)(H,19,26). The van der Waals surface area contributed by atoms with E-state index in [0.29, 0.717) is 24.7 Å². The summed E-state index contributed by atoms with van der Waals surface area (Å²) in [5, 5.41) is 9.59. The molecule has 8 nitrogen and oxygen atoms in total. The lowest BCUT2D eigenvalue weighted by Crippen LogP contribution is -2.49. The first-order chi connectivity index (χ1) is 12.6. The molecule has 0 atom stereocenters. The fraction of sp³-hybridized carbons (Fsp3) is 0.471. The molecule has 9 heteroatoms. The summed E-state index contributed by atoms with van der Waals surface area (Å²) < 4.78 is 10.7. The molecule has 2 aliphatic heterocycles. The highest BCUT2D eigenvalue weighted by Crippen LogP contribution is 2.32. The number of hydrogen-bond donors (Lipinski definition) is 2. The van der Waals surface area contributed by atoms with Crippen molar-refractivity contribution in [2.24, 2.45) is 0 Å². The van der Waals surface area contributed by atoms with Crippen LogP contribution in [-0.2, 0) is 16.1 Å². The van der Waals surface area contributed by atoms with Crippen LogP contribution in [0, 0.1) is 0 Å². The number of nitrogens with zero attached hydrogens (tertiary/aromatic N) is 2. The lowest BCUT2D eigenvalue weighted by atomic mass is 10.2. The molecule has 2 heterocycles. The van der Waals surface area contributed by atoms with Gasteiger partial charge >= 0.3 is 0 Å². The number of rotatable bonds is 5. The highest BCUT2D eigenvalue weighted by Gasteiger charge is 2.28. The summed E-state index contributed by atoms with van der Waals surface area (Å²) in [6.45, 7) is 2.05. The van der Waals surface area contributed by atoms with E-state index in [9.17, 15) is 9.59 Å². The third-order valence-electron chi connectivity index (χ3n) is 4.28. The number of fused-ring (bicyclic) bond motifs is 1. The Kier molecular flexibility index (Phi) is 5.77. The molecule has 2 N–H and O–H groups in total. The van der Waals surface area contributed by atoms with E-state index in [1.807, 2.05) is 18.2 Å². The van der Waals surface area contributed by atoms with E-state index in [1.165, 1.54) is 0 Å². The average Bonchev–Trinajstić information content (AvgIpc) is 3.32. The first-order valence-corrected chi connectivity index (χ1v) is 8.94. The molecule has 2 amide bonds. The number of hydrogen-bond acceptors (Lipinski definition) is 5. The maximum Gasteiger partial charge on any atom is 0.241 e. The Morgan fingerprint density at radius 2 is 1.92 bits per heavy atom. The molecule has 0 radical (unpaired) electrons. The summed E-state index contributed by atoms with van der Waals surface area (Å²) in [6, 6.07) is 5.72. The molecule has 1 aromatic carbocycles. The smallest absolute Gasteiger partial charge is 0.241 e. The minimum atomic E-state index is -0.146. The number of ether oxygens (including phenoxy) is 2. The van der Waals surface area contributed by atoms with Crippen LogP contribution in [0.5, 0.6) is 11.5 Å². The van der Waals surface area contributed by atoms with Crippen LogP contribution >= 0.6 is 12.2 Å². The Bertz CT molecular complexity index is 712. The van der Waals surface area contributed by atoms with Gasteiger partial charge in [0.15, 0.2) is 16.6 Å². The molecule has 2 aliphatic rings. The van der Waals surface area contributed by atoms with Crippen LogP contribution in [0.25, 0.3) is 0 Å². The molecular weight excluding hydrogens is 356 g/mol. The quantitative estimate of drug-likeness (QED) is 0.732. The molecule has 0 unspecified atom stereocenters. The van der Waals surface area contributed by atoms with Crippen molar-refractivity contribution in [1.82, 2.24) is 20.7 Å². The number of hydrazine groups is 1. The van der Waals surface area contributed by atoms with Crippen LogP contribution in [-0.4, -0.2) is 53.9 Å². The Balaban J connectivity index is 1.53. The van der Waals surface area contributed by atoms with Gasteiger partial charge < -0.3 is 20.1 Å². The van der Waals surface area contributed by atoms with E-state index in [0.717, 1.165) is 23.5 Å². The normalized spacial score (nSPS) is 15.1. The molecule has 3 rings (SSSR count). The number of nitrogens with one attached hydrogen (secondary N) is 2. The van der Waals surface area contributed by atoms with Gasteiger partial charge in [-0.1, -0.05) is 6.07 Å². The SMILES string of the molecule is CNC(=O)CCC(=O)N1CCCN1C(=S)NCc1ccc2c(c1)OCO2. The van der Waals surface area contributed by atoms with Crippen molar-refractivity contribution in [3.8, 4) is 11.5 Å². The van der Waals surface area contributed by atoms with Crippen LogP contribution in [0.1, 0.15) is 24.8 Å².